The molecule has 3 heteroatoms. The van der Waals surface area contributed by atoms with Crippen LogP contribution in [0.1, 0.15) is 26.3 Å². The van der Waals surface area contributed by atoms with Crippen molar-refractivity contribution in [2.75, 3.05) is 0 Å². The largest absolute Gasteiger partial charge is 0.542 e. The summed E-state index contributed by atoms with van der Waals surface area (Å²) in [6.07, 6.45) is 0. The molecule has 0 aromatic heterocycles. The first kappa shape index (κ1) is 13.6. The molecular formula is C13H21ClOSi. The topological polar surface area (TPSA) is 9.23 Å². The molecule has 0 atom stereocenters. The molecule has 0 aliphatic heterocycles. The maximum atomic E-state index is 6.23. The molecule has 0 unspecified atom stereocenters. The molecule has 0 heterocycles. The molecule has 0 aliphatic rings. The minimum absolute atomic E-state index is 0.193. The standard InChI is InChI=1S/C13H21ClOSi/c1-10-8-7-9-11(14)12(10)15-16(5,6)13(2,3)4/h7-9H,1-6H3. The molecule has 0 amide bonds. The van der Waals surface area contributed by atoms with E-state index in [1.165, 1.54) is 0 Å². The third-order valence-corrected chi connectivity index (χ3v) is 7.95. The smallest absolute Gasteiger partial charge is 0.250 e. The second-order valence-corrected chi connectivity index (χ2v) is 10.9. The fourth-order valence-corrected chi connectivity index (χ4v) is 2.57. The highest BCUT2D eigenvalue weighted by molar-refractivity contribution is 6.74. The zero-order valence-corrected chi connectivity index (χ0v) is 12.8. The molecule has 0 aliphatic carbocycles. The van der Waals surface area contributed by atoms with Crippen LogP contribution in [0.2, 0.25) is 23.2 Å². The molecule has 0 spiro atoms. The van der Waals surface area contributed by atoms with Gasteiger partial charge in [-0.2, -0.15) is 0 Å². The van der Waals surface area contributed by atoms with Gasteiger partial charge in [-0.1, -0.05) is 44.5 Å². The van der Waals surface area contributed by atoms with Gasteiger partial charge in [-0.05, 0) is 36.7 Å². The average molecular weight is 257 g/mol. The number of aryl methyl sites for hydroxylation is 1. The molecule has 1 aromatic rings. The molecule has 0 radical (unpaired) electrons. The van der Waals surface area contributed by atoms with Gasteiger partial charge in [-0.25, -0.2) is 0 Å². The second-order valence-electron chi connectivity index (χ2n) is 5.75. The van der Waals surface area contributed by atoms with Crippen molar-refractivity contribution in [2.45, 2.75) is 45.8 Å². The van der Waals surface area contributed by atoms with Crippen LogP contribution in [0.5, 0.6) is 5.75 Å². The fourth-order valence-electron chi connectivity index (χ4n) is 1.15. The lowest BCUT2D eigenvalue weighted by Gasteiger charge is -2.37. The van der Waals surface area contributed by atoms with E-state index in [4.69, 9.17) is 16.0 Å². The van der Waals surface area contributed by atoms with Crippen molar-refractivity contribution in [3.63, 3.8) is 0 Å². The lowest BCUT2D eigenvalue weighted by Crippen LogP contribution is -2.44. The van der Waals surface area contributed by atoms with Crippen molar-refractivity contribution < 1.29 is 4.43 Å². The summed E-state index contributed by atoms with van der Waals surface area (Å²) in [6.45, 7) is 13.2. The average Bonchev–Trinajstić information content (AvgIpc) is 2.10. The molecular weight excluding hydrogens is 236 g/mol. The van der Waals surface area contributed by atoms with Gasteiger partial charge in [0.25, 0.3) is 8.32 Å². The van der Waals surface area contributed by atoms with E-state index in [-0.39, 0.29) is 5.04 Å². The van der Waals surface area contributed by atoms with E-state index in [1.807, 2.05) is 25.1 Å². The summed E-state index contributed by atoms with van der Waals surface area (Å²) in [7, 11) is -1.79. The Bertz CT molecular complexity index is 360. The van der Waals surface area contributed by atoms with Crippen molar-refractivity contribution in [1.82, 2.24) is 0 Å². The normalized spacial score (nSPS) is 12.7. The molecule has 1 aromatic carbocycles. The third kappa shape index (κ3) is 2.80. The monoisotopic (exact) mass is 256 g/mol. The molecule has 1 rings (SSSR count). The van der Waals surface area contributed by atoms with Gasteiger partial charge in [0.2, 0.25) is 0 Å². The summed E-state index contributed by atoms with van der Waals surface area (Å²) in [4.78, 5) is 0. The van der Waals surface area contributed by atoms with Gasteiger partial charge in [0.05, 0.1) is 5.02 Å². The summed E-state index contributed by atoms with van der Waals surface area (Å²) < 4.78 is 6.23. The van der Waals surface area contributed by atoms with Crippen LogP contribution < -0.4 is 4.43 Å². The zero-order chi connectivity index (χ0) is 12.6. The molecule has 0 saturated carbocycles. The van der Waals surface area contributed by atoms with Crippen LogP contribution >= 0.6 is 11.6 Å². The van der Waals surface area contributed by atoms with Gasteiger partial charge in [0, 0.05) is 0 Å². The Morgan fingerprint density at radius 2 is 1.75 bits per heavy atom. The van der Waals surface area contributed by atoms with Crippen LogP contribution in [0, 0.1) is 6.92 Å². The molecule has 90 valence electrons. The number of halogens is 1. The lowest BCUT2D eigenvalue weighted by atomic mass is 10.2. The van der Waals surface area contributed by atoms with Crippen LogP contribution in [-0.2, 0) is 0 Å². The van der Waals surface area contributed by atoms with Crippen molar-refractivity contribution in [3.8, 4) is 5.75 Å². The van der Waals surface area contributed by atoms with Gasteiger partial charge in [-0.15, -0.1) is 0 Å². The number of benzene rings is 1. The van der Waals surface area contributed by atoms with Crippen molar-refractivity contribution in [3.05, 3.63) is 28.8 Å². The van der Waals surface area contributed by atoms with Crippen LogP contribution in [0.4, 0.5) is 0 Å². The molecule has 0 bridgehead atoms. The lowest BCUT2D eigenvalue weighted by molar-refractivity contribution is 0.489. The fraction of sp³-hybridized carbons (Fsp3) is 0.538. The molecule has 0 N–H and O–H groups in total. The van der Waals surface area contributed by atoms with Gasteiger partial charge >= 0.3 is 0 Å². The number of rotatable bonds is 2. The third-order valence-electron chi connectivity index (χ3n) is 3.33. The van der Waals surface area contributed by atoms with Gasteiger partial charge in [-0.3, -0.25) is 0 Å². The maximum absolute atomic E-state index is 6.23. The van der Waals surface area contributed by atoms with Crippen LogP contribution in [0.15, 0.2) is 18.2 Å². The van der Waals surface area contributed by atoms with Gasteiger partial charge in [0.1, 0.15) is 5.75 Å². The van der Waals surface area contributed by atoms with E-state index in [2.05, 4.69) is 33.9 Å². The zero-order valence-electron chi connectivity index (χ0n) is 11.0. The molecule has 0 fully saturated rings. The number of hydrogen-bond acceptors (Lipinski definition) is 1. The van der Waals surface area contributed by atoms with Crippen LogP contribution in [0.25, 0.3) is 0 Å². The van der Waals surface area contributed by atoms with E-state index in [0.29, 0.717) is 5.02 Å². The maximum Gasteiger partial charge on any atom is 0.250 e. The summed E-state index contributed by atoms with van der Waals surface area (Å²) in [5.74, 6) is 0.857. The van der Waals surface area contributed by atoms with Crippen molar-refractivity contribution in [1.29, 1.82) is 0 Å². The highest BCUT2D eigenvalue weighted by Crippen LogP contribution is 2.40. The Labute approximate surface area is 105 Å². The Balaban J connectivity index is 3.06. The highest BCUT2D eigenvalue weighted by Gasteiger charge is 2.39. The first-order valence-corrected chi connectivity index (χ1v) is 8.88. The Morgan fingerprint density at radius 3 is 2.19 bits per heavy atom. The predicted molar refractivity (Wildman–Crippen MR) is 74.0 cm³/mol. The van der Waals surface area contributed by atoms with E-state index < -0.39 is 8.32 Å². The van der Waals surface area contributed by atoms with Gasteiger partial charge in [0.15, 0.2) is 0 Å². The summed E-state index contributed by atoms with van der Waals surface area (Å²) in [5, 5.41) is 0.906. The SMILES string of the molecule is Cc1cccc(Cl)c1O[Si](C)(C)C(C)(C)C. The van der Waals surface area contributed by atoms with E-state index >= 15 is 0 Å². The van der Waals surface area contributed by atoms with E-state index in [9.17, 15) is 0 Å². The summed E-state index contributed by atoms with van der Waals surface area (Å²) in [6, 6.07) is 5.88. The first-order chi connectivity index (χ1) is 7.15. The van der Waals surface area contributed by atoms with Crippen molar-refractivity contribution in [2.24, 2.45) is 0 Å². The highest BCUT2D eigenvalue weighted by atomic mass is 35.5. The predicted octanol–water partition coefficient (Wildman–Crippen LogP) is 5.03. The minimum atomic E-state index is -1.79. The van der Waals surface area contributed by atoms with Crippen LogP contribution in [0.3, 0.4) is 0 Å². The van der Waals surface area contributed by atoms with E-state index in [1.54, 1.807) is 0 Å². The Hall–Kier alpha value is -0.473. The van der Waals surface area contributed by atoms with Crippen molar-refractivity contribution >= 4 is 19.9 Å². The quantitative estimate of drug-likeness (QED) is 0.674. The Kier molecular flexibility index (Phi) is 3.75. The Morgan fingerprint density at radius 1 is 1.19 bits per heavy atom. The minimum Gasteiger partial charge on any atom is -0.542 e. The number of hydrogen-bond donors (Lipinski definition) is 0. The number of para-hydroxylation sites is 1. The summed E-state index contributed by atoms with van der Waals surface area (Å²) >= 11 is 6.18. The van der Waals surface area contributed by atoms with E-state index in [0.717, 1.165) is 11.3 Å². The summed E-state index contributed by atoms with van der Waals surface area (Å²) in [5.41, 5.74) is 1.11. The molecule has 1 nitrogen and oxygen atoms in total. The molecule has 16 heavy (non-hydrogen) atoms. The van der Waals surface area contributed by atoms with Crippen LogP contribution in [-0.4, -0.2) is 8.32 Å². The first-order valence-electron chi connectivity index (χ1n) is 5.59. The molecule has 0 saturated heterocycles. The van der Waals surface area contributed by atoms with Gasteiger partial charge < -0.3 is 4.43 Å². The second kappa shape index (κ2) is 4.42.